The fraction of sp³-hybridized carbons (Fsp3) is 0.143. The van der Waals surface area contributed by atoms with Crippen LogP contribution in [0.2, 0.25) is 0 Å². The molecule has 2 unspecified atom stereocenters. The van der Waals surface area contributed by atoms with Gasteiger partial charge in [0.2, 0.25) is 0 Å². The van der Waals surface area contributed by atoms with Crippen molar-refractivity contribution in [1.29, 1.82) is 0 Å². The number of fused-ring (bicyclic) bond motifs is 2. The summed E-state index contributed by atoms with van der Waals surface area (Å²) in [6, 6.07) is 36.4. The van der Waals surface area contributed by atoms with Crippen molar-refractivity contribution in [1.82, 2.24) is 0 Å². The summed E-state index contributed by atoms with van der Waals surface area (Å²) >= 11 is 0. The van der Waals surface area contributed by atoms with Crippen molar-refractivity contribution in [2.24, 2.45) is 0 Å². The normalized spacial score (nSPS) is 13.2. The Bertz CT molecular complexity index is 1970. The monoisotopic (exact) mass is 652 g/mol. The number of ether oxygens (including phenoxy) is 5. The maximum absolute atomic E-state index is 12.4. The van der Waals surface area contributed by atoms with E-state index in [0.29, 0.717) is 24.3 Å². The predicted octanol–water partition coefficient (Wildman–Crippen LogP) is 8.60. The van der Waals surface area contributed by atoms with Crippen LogP contribution in [-0.4, -0.2) is 25.2 Å². The zero-order valence-corrected chi connectivity index (χ0v) is 27.0. The topological polar surface area (TPSA) is 80.3 Å². The Balaban J connectivity index is 1.40. The van der Waals surface area contributed by atoms with Gasteiger partial charge in [-0.1, -0.05) is 116 Å². The second-order valence-electron chi connectivity index (χ2n) is 11.3. The molecule has 1 aliphatic rings. The van der Waals surface area contributed by atoms with E-state index in [1.807, 2.05) is 121 Å². The predicted molar refractivity (Wildman–Crippen MR) is 188 cm³/mol. The summed E-state index contributed by atoms with van der Waals surface area (Å²) in [6.45, 7) is 7.26. The van der Waals surface area contributed by atoms with Crippen LogP contribution in [0.25, 0.3) is 10.8 Å². The number of carbonyl (C=O) groups excluding carboxylic acids is 2. The van der Waals surface area contributed by atoms with Crippen molar-refractivity contribution >= 4 is 22.7 Å². The van der Waals surface area contributed by atoms with Crippen LogP contribution in [0.15, 0.2) is 152 Å². The lowest BCUT2D eigenvalue weighted by Crippen LogP contribution is -2.20. The zero-order chi connectivity index (χ0) is 34.0. The molecule has 0 saturated heterocycles. The maximum atomic E-state index is 12.4. The lowest BCUT2D eigenvalue weighted by atomic mass is 9.89. The van der Waals surface area contributed by atoms with Crippen LogP contribution >= 0.6 is 0 Å². The largest absolute Gasteiger partial charge is 0.488 e. The molecule has 49 heavy (non-hydrogen) atoms. The molecule has 2 atom stereocenters. The minimum Gasteiger partial charge on any atom is -0.488 e. The number of carbonyl (C=O) groups is 2. The SMILES string of the molecule is C=CC(=O)OC(COc1c2c(c(OCC(OC(=O)C=C)c3ccccc3)c3ccccc13)CC(Oc1ccccc1)=CC2)c1ccccc1. The average Bonchev–Trinajstić information content (AvgIpc) is 3.15. The Hall–Kier alpha value is -6.08. The van der Waals surface area contributed by atoms with Gasteiger partial charge in [-0.3, -0.25) is 0 Å². The van der Waals surface area contributed by atoms with Gasteiger partial charge in [-0.25, -0.2) is 9.59 Å². The highest BCUT2D eigenvalue weighted by Crippen LogP contribution is 2.45. The molecule has 0 amide bonds. The Labute approximate surface area is 285 Å². The molecule has 6 rings (SSSR count). The molecule has 7 heteroatoms. The lowest BCUT2D eigenvalue weighted by Gasteiger charge is -2.27. The van der Waals surface area contributed by atoms with Crippen LogP contribution < -0.4 is 14.2 Å². The second-order valence-corrected chi connectivity index (χ2v) is 11.3. The Morgan fingerprint density at radius 2 is 1.06 bits per heavy atom. The van der Waals surface area contributed by atoms with Crippen molar-refractivity contribution < 1.29 is 33.3 Å². The summed E-state index contributed by atoms with van der Waals surface area (Å²) in [5.74, 6) is 1.73. The molecule has 0 N–H and O–H groups in total. The van der Waals surface area contributed by atoms with Gasteiger partial charge in [0.05, 0.1) is 0 Å². The number of benzene rings is 5. The highest BCUT2D eigenvalue weighted by atomic mass is 16.6. The molecule has 5 aromatic rings. The van der Waals surface area contributed by atoms with Gasteiger partial charge in [0.15, 0.2) is 12.2 Å². The smallest absolute Gasteiger partial charge is 0.330 e. The van der Waals surface area contributed by atoms with Gasteiger partial charge in [0.1, 0.15) is 36.2 Å². The first-order valence-corrected chi connectivity index (χ1v) is 16.0. The van der Waals surface area contributed by atoms with Gasteiger partial charge in [0.25, 0.3) is 0 Å². The molecule has 0 aliphatic heterocycles. The third-order valence-electron chi connectivity index (χ3n) is 8.16. The Kier molecular flexibility index (Phi) is 10.5. The molecule has 0 fully saturated rings. The zero-order valence-electron chi connectivity index (χ0n) is 27.0. The Morgan fingerprint density at radius 3 is 1.55 bits per heavy atom. The van der Waals surface area contributed by atoms with Gasteiger partial charge in [-0.05, 0) is 35.8 Å². The average molecular weight is 653 g/mol. The summed E-state index contributed by atoms with van der Waals surface area (Å²) in [6.07, 6.45) is 3.92. The first-order valence-electron chi connectivity index (χ1n) is 16.0. The summed E-state index contributed by atoms with van der Waals surface area (Å²) in [5.41, 5.74) is 3.42. The number of rotatable bonds is 14. The number of hydrogen-bond acceptors (Lipinski definition) is 7. The van der Waals surface area contributed by atoms with Crippen molar-refractivity contribution in [2.75, 3.05) is 13.2 Å². The van der Waals surface area contributed by atoms with E-state index in [1.165, 1.54) is 0 Å². The van der Waals surface area contributed by atoms with E-state index < -0.39 is 24.1 Å². The van der Waals surface area contributed by atoms with E-state index >= 15 is 0 Å². The van der Waals surface area contributed by atoms with E-state index in [4.69, 9.17) is 23.7 Å². The molecule has 5 aromatic carbocycles. The third kappa shape index (κ3) is 7.91. The molecule has 0 aromatic heterocycles. The number of esters is 2. The first kappa shape index (κ1) is 32.8. The fourth-order valence-corrected chi connectivity index (χ4v) is 5.82. The van der Waals surface area contributed by atoms with Crippen molar-refractivity contribution in [3.63, 3.8) is 0 Å². The first-order chi connectivity index (χ1) is 24.0. The van der Waals surface area contributed by atoms with E-state index in [-0.39, 0.29) is 13.2 Å². The minimum absolute atomic E-state index is 0.0619. The van der Waals surface area contributed by atoms with E-state index in [1.54, 1.807) is 0 Å². The highest BCUT2D eigenvalue weighted by Gasteiger charge is 2.28. The summed E-state index contributed by atoms with van der Waals surface area (Å²) in [7, 11) is 0. The molecular weight excluding hydrogens is 616 g/mol. The van der Waals surface area contributed by atoms with Crippen molar-refractivity contribution in [3.05, 3.63) is 175 Å². The van der Waals surface area contributed by atoms with E-state index in [0.717, 1.165) is 56.7 Å². The maximum Gasteiger partial charge on any atom is 0.330 e. The minimum atomic E-state index is -0.678. The summed E-state index contributed by atoms with van der Waals surface area (Å²) in [5, 5.41) is 1.65. The van der Waals surface area contributed by atoms with Crippen LogP contribution in [0.3, 0.4) is 0 Å². The van der Waals surface area contributed by atoms with Crippen LogP contribution in [0, 0.1) is 0 Å². The molecule has 0 spiro atoms. The van der Waals surface area contributed by atoms with Crippen LogP contribution in [0.1, 0.15) is 34.5 Å². The van der Waals surface area contributed by atoms with Crippen molar-refractivity contribution in [2.45, 2.75) is 25.0 Å². The molecule has 0 bridgehead atoms. The molecule has 0 radical (unpaired) electrons. The van der Waals surface area contributed by atoms with E-state index in [2.05, 4.69) is 13.2 Å². The molecule has 0 saturated carbocycles. The van der Waals surface area contributed by atoms with Crippen LogP contribution in [0.5, 0.6) is 17.2 Å². The van der Waals surface area contributed by atoms with Gasteiger partial charge >= 0.3 is 11.9 Å². The van der Waals surface area contributed by atoms with Crippen molar-refractivity contribution in [3.8, 4) is 17.2 Å². The quantitative estimate of drug-likeness (QED) is 0.0878. The van der Waals surface area contributed by atoms with E-state index in [9.17, 15) is 9.59 Å². The highest BCUT2D eigenvalue weighted by molar-refractivity contribution is 5.96. The lowest BCUT2D eigenvalue weighted by molar-refractivity contribution is -0.145. The fourth-order valence-electron chi connectivity index (χ4n) is 5.82. The van der Waals surface area contributed by atoms with Crippen LogP contribution in [0.4, 0.5) is 0 Å². The molecule has 0 heterocycles. The van der Waals surface area contributed by atoms with Gasteiger partial charge < -0.3 is 23.7 Å². The second kappa shape index (κ2) is 15.7. The standard InChI is InChI=1S/C42H36O7/c1-3-39(43)48-37(29-16-8-5-9-17-29)27-45-41-33-22-14-15-23-34(33)42(46-28-38(49-40(44)4-2)30-18-10-6-11-19-30)36-26-32(24-25-35(36)41)47-31-20-12-7-13-21-31/h3-24,37-38H,1-2,25-28H2. The third-order valence-corrected chi connectivity index (χ3v) is 8.16. The molecular formula is C42H36O7. The van der Waals surface area contributed by atoms with Gasteiger partial charge in [-0.15, -0.1) is 0 Å². The molecule has 7 nitrogen and oxygen atoms in total. The molecule has 246 valence electrons. The van der Waals surface area contributed by atoms with Gasteiger partial charge in [-0.2, -0.15) is 0 Å². The number of allylic oxidation sites excluding steroid dienone is 2. The van der Waals surface area contributed by atoms with Gasteiger partial charge in [0, 0.05) is 40.5 Å². The number of para-hydroxylation sites is 1. The van der Waals surface area contributed by atoms with Crippen LogP contribution in [-0.2, 0) is 31.9 Å². The number of hydrogen-bond donors (Lipinski definition) is 0. The Morgan fingerprint density at radius 1 is 0.612 bits per heavy atom. The summed E-state index contributed by atoms with van der Waals surface area (Å²) < 4.78 is 31.1. The molecule has 1 aliphatic carbocycles. The summed E-state index contributed by atoms with van der Waals surface area (Å²) in [4.78, 5) is 24.7.